The van der Waals surface area contributed by atoms with Crippen LogP contribution in [0.3, 0.4) is 0 Å². The van der Waals surface area contributed by atoms with Crippen LogP contribution < -0.4 is 0 Å². The van der Waals surface area contributed by atoms with Crippen LogP contribution in [0.5, 0.6) is 0 Å². The second-order valence-electron chi connectivity index (χ2n) is 3.86. The Morgan fingerprint density at radius 1 is 1.42 bits per heavy atom. The van der Waals surface area contributed by atoms with E-state index in [2.05, 4.69) is 0 Å². The van der Waals surface area contributed by atoms with Gasteiger partial charge in [0.2, 0.25) is 0 Å². The van der Waals surface area contributed by atoms with Crippen LogP contribution in [0, 0.1) is 5.41 Å². The second-order valence-corrected chi connectivity index (χ2v) is 3.86. The smallest absolute Gasteiger partial charge is 0.311 e. The van der Waals surface area contributed by atoms with Crippen LogP contribution in [0.25, 0.3) is 0 Å². The zero-order valence-electron chi connectivity index (χ0n) is 8.81. The topological polar surface area (TPSA) is 26.3 Å². The lowest BCUT2D eigenvalue weighted by Gasteiger charge is -2.22. The fourth-order valence-corrected chi connectivity index (χ4v) is 0.570. The van der Waals surface area contributed by atoms with Gasteiger partial charge >= 0.3 is 5.97 Å². The molecule has 0 aliphatic rings. The molecule has 2 nitrogen and oxygen atoms in total. The van der Waals surface area contributed by atoms with Gasteiger partial charge in [0.25, 0.3) is 0 Å². The number of carbonyl (C=O) groups excluding carboxylic acids is 1. The molecule has 72 valence electrons. The molecular weight excluding hydrogens is 152 g/mol. The third-order valence-electron chi connectivity index (χ3n) is 2.32. The Hall–Kier alpha value is -0.530. The SMILES string of the molecule is CC[C@@H](C)OC(=O)C(C)(C)CC. The molecule has 2 heteroatoms. The van der Waals surface area contributed by atoms with E-state index in [0.29, 0.717) is 0 Å². The van der Waals surface area contributed by atoms with Crippen LogP contribution in [0.4, 0.5) is 0 Å². The summed E-state index contributed by atoms with van der Waals surface area (Å²) in [7, 11) is 0. The van der Waals surface area contributed by atoms with E-state index in [-0.39, 0.29) is 17.5 Å². The van der Waals surface area contributed by atoms with Crippen molar-refractivity contribution in [2.45, 2.75) is 53.6 Å². The molecule has 0 bridgehead atoms. The van der Waals surface area contributed by atoms with Gasteiger partial charge in [-0.2, -0.15) is 0 Å². The Balaban J connectivity index is 4.03. The summed E-state index contributed by atoms with van der Waals surface area (Å²) < 4.78 is 5.22. The van der Waals surface area contributed by atoms with Gasteiger partial charge in [0.15, 0.2) is 0 Å². The summed E-state index contributed by atoms with van der Waals surface area (Å²) in [6.07, 6.45) is 1.75. The van der Waals surface area contributed by atoms with Gasteiger partial charge in [-0.25, -0.2) is 0 Å². The molecule has 12 heavy (non-hydrogen) atoms. The normalized spacial score (nSPS) is 14.1. The van der Waals surface area contributed by atoms with Crippen molar-refractivity contribution in [1.82, 2.24) is 0 Å². The van der Waals surface area contributed by atoms with Crippen molar-refractivity contribution in [3.8, 4) is 0 Å². The zero-order chi connectivity index (χ0) is 9.78. The first kappa shape index (κ1) is 11.5. The Morgan fingerprint density at radius 2 is 1.92 bits per heavy atom. The van der Waals surface area contributed by atoms with Crippen molar-refractivity contribution >= 4 is 5.97 Å². The van der Waals surface area contributed by atoms with Crippen LogP contribution in [0.15, 0.2) is 0 Å². The third-order valence-corrected chi connectivity index (χ3v) is 2.32. The Bertz CT molecular complexity index is 150. The average molecular weight is 172 g/mol. The van der Waals surface area contributed by atoms with Gasteiger partial charge < -0.3 is 4.74 Å². The van der Waals surface area contributed by atoms with E-state index in [9.17, 15) is 4.79 Å². The molecule has 0 radical (unpaired) electrons. The molecule has 0 fully saturated rings. The average Bonchev–Trinajstić information content (AvgIpc) is 2.04. The summed E-state index contributed by atoms with van der Waals surface area (Å²) in [6, 6.07) is 0. The highest BCUT2D eigenvalue weighted by Gasteiger charge is 2.27. The van der Waals surface area contributed by atoms with Crippen molar-refractivity contribution in [2.24, 2.45) is 5.41 Å². The summed E-state index contributed by atoms with van der Waals surface area (Å²) in [4.78, 5) is 11.4. The second kappa shape index (κ2) is 4.48. The molecule has 0 aliphatic heterocycles. The lowest BCUT2D eigenvalue weighted by atomic mass is 9.90. The Kier molecular flexibility index (Phi) is 4.29. The highest BCUT2D eigenvalue weighted by molar-refractivity contribution is 5.75. The number of esters is 1. The number of hydrogen-bond acceptors (Lipinski definition) is 2. The Morgan fingerprint density at radius 3 is 2.25 bits per heavy atom. The number of ether oxygens (including phenoxy) is 1. The standard InChI is InChI=1S/C10H20O2/c1-6-8(3)12-9(11)10(4,5)7-2/h8H,6-7H2,1-5H3/t8-/m1/s1. The summed E-state index contributed by atoms with van der Waals surface area (Å²) >= 11 is 0. The fraction of sp³-hybridized carbons (Fsp3) is 0.900. The van der Waals surface area contributed by atoms with E-state index in [0.717, 1.165) is 12.8 Å². The van der Waals surface area contributed by atoms with Crippen molar-refractivity contribution in [3.05, 3.63) is 0 Å². The summed E-state index contributed by atoms with van der Waals surface area (Å²) in [5.41, 5.74) is -0.330. The zero-order valence-corrected chi connectivity index (χ0v) is 8.81. The maximum Gasteiger partial charge on any atom is 0.311 e. The molecule has 0 aliphatic carbocycles. The minimum atomic E-state index is -0.330. The highest BCUT2D eigenvalue weighted by Crippen LogP contribution is 2.22. The van der Waals surface area contributed by atoms with E-state index >= 15 is 0 Å². The van der Waals surface area contributed by atoms with Gasteiger partial charge in [0.05, 0.1) is 11.5 Å². The van der Waals surface area contributed by atoms with E-state index in [1.54, 1.807) is 0 Å². The molecule has 0 rings (SSSR count). The number of hydrogen-bond donors (Lipinski definition) is 0. The fourth-order valence-electron chi connectivity index (χ4n) is 0.570. The van der Waals surface area contributed by atoms with Crippen LogP contribution in [0.2, 0.25) is 0 Å². The van der Waals surface area contributed by atoms with Crippen LogP contribution in [-0.2, 0) is 9.53 Å². The van der Waals surface area contributed by atoms with Gasteiger partial charge in [-0.1, -0.05) is 13.8 Å². The first-order valence-electron chi connectivity index (χ1n) is 4.65. The molecule has 0 unspecified atom stereocenters. The van der Waals surface area contributed by atoms with Crippen molar-refractivity contribution in [1.29, 1.82) is 0 Å². The van der Waals surface area contributed by atoms with Gasteiger partial charge in [0.1, 0.15) is 0 Å². The largest absolute Gasteiger partial charge is 0.462 e. The van der Waals surface area contributed by atoms with Gasteiger partial charge in [-0.3, -0.25) is 4.79 Å². The molecule has 0 amide bonds. The lowest BCUT2D eigenvalue weighted by Crippen LogP contribution is -2.28. The van der Waals surface area contributed by atoms with Gasteiger partial charge in [-0.15, -0.1) is 0 Å². The molecule has 0 saturated carbocycles. The monoisotopic (exact) mass is 172 g/mol. The lowest BCUT2D eigenvalue weighted by molar-refractivity contribution is -0.159. The van der Waals surface area contributed by atoms with E-state index in [1.165, 1.54) is 0 Å². The molecule has 0 aromatic rings. The van der Waals surface area contributed by atoms with E-state index in [4.69, 9.17) is 4.74 Å². The molecule has 1 atom stereocenters. The first-order valence-corrected chi connectivity index (χ1v) is 4.65. The van der Waals surface area contributed by atoms with E-state index in [1.807, 2.05) is 34.6 Å². The molecule has 0 aromatic heterocycles. The number of carbonyl (C=O) groups is 1. The molecule has 0 heterocycles. The molecular formula is C10H20O2. The quantitative estimate of drug-likeness (QED) is 0.609. The Labute approximate surface area is 75.3 Å². The molecule has 0 aromatic carbocycles. The highest BCUT2D eigenvalue weighted by atomic mass is 16.5. The maximum atomic E-state index is 11.4. The predicted octanol–water partition coefficient (Wildman–Crippen LogP) is 2.76. The first-order chi connectivity index (χ1) is 5.44. The van der Waals surface area contributed by atoms with Crippen molar-refractivity contribution in [3.63, 3.8) is 0 Å². The van der Waals surface area contributed by atoms with Crippen molar-refractivity contribution < 1.29 is 9.53 Å². The van der Waals surface area contributed by atoms with Crippen LogP contribution in [0.1, 0.15) is 47.5 Å². The predicted molar refractivity (Wildman–Crippen MR) is 49.9 cm³/mol. The summed E-state index contributed by atoms with van der Waals surface area (Å²) in [5.74, 6) is -0.0839. The third kappa shape index (κ3) is 3.24. The van der Waals surface area contributed by atoms with Gasteiger partial charge in [0, 0.05) is 0 Å². The molecule has 0 N–H and O–H groups in total. The van der Waals surface area contributed by atoms with Crippen LogP contribution in [-0.4, -0.2) is 12.1 Å². The minimum Gasteiger partial charge on any atom is -0.462 e. The van der Waals surface area contributed by atoms with E-state index < -0.39 is 0 Å². The maximum absolute atomic E-state index is 11.4. The van der Waals surface area contributed by atoms with Crippen LogP contribution >= 0.6 is 0 Å². The van der Waals surface area contributed by atoms with Gasteiger partial charge in [-0.05, 0) is 33.6 Å². The van der Waals surface area contributed by atoms with Crippen molar-refractivity contribution in [2.75, 3.05) is 0 Å². The summed E-state index contributed by atoms with van der Waals surface area (Å²) in [6.45, 7) is 9.76. The molecule has 0 saturated heterocycles. The summed E-state index contributed by atoms with van der Waals surface area (Å²) in [5, 5.41) is 0. The molecule has 0 spiro atoms. The number of rotatable bonds is 4. The minimum absolute atomic E-state index is 0.0447.